The van der Waals surface area contributed by atoms with Crippen LogP contribution in [-0.4, -0.2) is 12.2 Å². The van der Waals surface area contributed by atoms with Gasteiger partial charge >= 0.3 is 0 Å². The molecular weight excluding hydrogens is 252 g/mol. The van der Waals surface area contributed by atoms with Gasteiger partial charge in [-0.2, -0.15) is 0 Å². The molecule has 0 bridgehead atoms. The molecule has 5 heteroatoms. The number of ether oxygens (including phenoxy) is 1. The summed E-state index contributed by atoms with van der Waals surface area (Å²) in [7, 11) is 1.60. The molecule has 0 aliphatic carbocycles. The first-order valence-corrected chi connectivity index (χ1v) is 4.73. The minimum Gasteiger partial charge on any atom is -0.497 e. The van der Waals surface area contributed by atoms with Crippen molar-refractivity contribution >= 4 is 38.9 Å². The molecule has 0 aliphatic rings. The summed E-state index contributed by atoms with van der Waals surface area (Å²) in [6.45, 7) is 0. The first-order chi connectivity index (χ1) is 6.13. The van der Waals surface area contributed by atoms with E-state index in [2.05, 4.69) is 21.2 Å². The molecule has 1 aromatic carbocycles. The Balaban J connectivity index is 2.96. The van der Waals surface area contributed by atoms with Crippen LogP contribution in [-0.2, 0) is 0 Å². The summed E-state index contributed by atoms with van der Waals surface area (Å²) in [5.41, 5.74) is 6.14. The van der Waals surface area contributed by atoms with Gasteiger partial charge in [-0.25, -0.2) is 0 Å². The molecule has 3 nitrogen and oxygen atoms in total. The maximum absolute atomic E-state index is 5.34. The first kappa shape index (κ1) is 10.3. The van der Waals surface area contributed by atoms with E-state index >= 15 is 0 Å². The highest BCUT2D eigenvalue weighted by Crippen LogP contribution is 2.26. The third-order valence-electron chi connectivity index (χ3n) is 1.43. The van der Waals surface area contributed by atoms with E-state index in [4.69, 9.17) is 22.7 Å². The Morgan fingerprint density at radius 2 is 2.31 bits per heavy atom. The molecule has 0 atom stereocenters. The van der Waals surface area contributed by atoms with E-state index in [9.17, 15) is 0 Å². The molecule has 0 amide bonds. The molecule has 13 heavy (non-hydrogen) atoms. The lowest BCUT2D eigenvalue weighted by atomic mass is 10.3. The molecule has 0 aliphatic heterocycles. The maximum Gasteiger partial charge on any atom is 0.168 e. The number of benzene rings is 1. The summed E-state index contributed by atoms with van der Waals surface area (Å²) in [6, 6.07) is 5.51. The topological polar surface area (TPSA) is 47.3 Å². The zero-order valence-electron chi connectivity index (χ0n) is 7.00. The van der Waals surface area contributed by atoms with E-state index in [0.717, 1.165) is 15.9 Å². The van der Waals surface area contributed by atoms with Crippen LogP contribution in [0.2, 0.25) is 0 Å². The van der Waals surface area contributed by atoms with Crippen molar-refractivity contribution in [3.63, 3.8) is 0 Å². The van der Waals surface area contributed by atoms with E-state index in [0.29, 0.717) is 0 Å². The Morgan fingerprint density at radius 3 is 2.85 bits per heavy atom. The number of halogens is 1. The Morgan fingerprint density at radius 1 is 1.62 bits per heavy atom. The van der Waals surface area contributed by atoms with Gasteiger partial charge in [-0.15, -0.1) is 0 Å². The van der Waals surface area contributed by atoms with Gasteiger partial charge in [-0.3, -0.25) is 0 Å². The lowest BCUT2D eigenvalue weighted by molar-refractivity contribution is 0.415. The second-order valence-corrected chi connectivity index (χ2v) is 3.63. The molecular formula is C8H9BrN2OS. The second-order valence-electron chi connectivity index (χ2n) is 2.34. The molecule has 0 fully saturated rings. The molecule has 0 spiro atoms. The molecule has 70 valence electrons. The van der Waals surface area contributed by atoms with Gasteiger partial charge in [0, 0.05) is 10.5 Å². The van der Waals surface area contributed by atoms with Crippen LogP contribution in [0.1, 0.15) is 0 Å². The van der Waals surface area contributed by atoms with Gasteiger partial charge in [0.25, 0.3) is 0 Å². The number of nitrogens with two attached hydrogens (primary N) is 1. The minimum absolute atomic E-state index is 0.231. The summed E-state index contributed by atoms with van der Waals surface area (Å²) in [5.74, 6) is 0.752. The van der Waals surface area contributed by atoms with Crippen molar-refractivity contribution in [1.29, 1.82) is 0 Å². The lowest BCUT2D eigenvalue weighted by Crippen LogP contribution is -2.19. The first-order valence-electron chi connectivity index (χ1n) is 3.53. The Bertz CT molecular complexity index is 330. The van der Waals surface area contributed by atoms with Gasteiger partial charge in [0.15, 0.2) is 5.11 Å². The van der Waals surface area contributed by atoms with Gasteiger partial charge in [0.2, 0.25) is 0 Å². The van der Waals surface area contributed by atoms with E-state index < -0.39 is 0 Å². The zero-order chi connectivity index (χ0) is 9.84. The molecule has 0 aromatic heterocycles. The maximum atomic E-state index is 5.34. The van der Waals surface area contributed by atoms with Crippen LogP contribution in [0.25, 0.3) is 0 Å². The fraction of sp³-hybridized carbons (Fsp3) is 0.125. The van der Waals surface area contributed by atoms with E-state index in [-0.39, 0.29) is 5.11 Å². The minimum atomic E-state index is 0.231. The SMILES string of the molecule is COc1ccc(Br)c(NC(N)=S)c1. The number of methoxy groups -OCH3 is 1. The van der Waals surface area contributed by atoms with Gasteiger partial charge in [-0.1, -0.05) is 0 Å². The number of anilines is 1. The summed E-state index contributed by atoms with van der Waals surface area (Å²) in [5, 5.41) is 3.06. The van der Waals surface area contributed by atoms with Crippen LogP contribution >= 0.6 is 28.1 Å². The third kappa shape index (κ3) is 2.86. The summed E-state index contributed by atoms with van der Waals surface area (Å²) in [6.07, 6.45) is 0. The summed E-state index contributed by atoms with van der Waals surface area (Å²) >= 11 is 8.08. The van der Waals surface area contributed by atoms with Crippen molar-refractivity contribution < 1.29 is 4.74 Å². The lowest BCUT2D eigenvalue weighted by Gasteiger charge is -2.08. The average Bonchev–Trinajstić information content (AvgIpc) is 2.08. The normalized spacial score (nSPS) is 9.38. The molecule has 0 heterocycles. The molecule has 0 saturated heterocycles. The Hall–Kier alpha value is -0.810. The van der Waals surface area contributed by atoms with Crippen LogP contribution < -0.4 is 15.8 Å². The summed E-state index contributed by atoms with van der Waals surface area (Å²) in [4.78, 5) is 0. The molecule has 0 radical (unpaired) electrons. The molecule has 0 saturated carbocycles. The Labute approximate surface area is 90.4 Å². The van der Waals surface area contributed by atoms with E-state index in [1.165, 1.54) is 0 Å². The number of thiocarbonyl (C=S) groups is 1. The van der Waals surface area contributed by atoms with E-state index in [1.54, 1.807) is 7.11 Å². The summed E-state index contributed by atoms with van der Waals surface area (Å²) < 4.78 is 5.94. The quantitative estimate of drug-likeness (QED) is 0.800. The molecule has 0 unspecified atom stereocenters. The van der Waals surface area contributed by atoms with E-state index in [1.807, 2.05) is 18.2 Å². The number of hydrogen-bond donors (Lipinski definition) is 2. The molecule has 3 N–H and O–H groups in total. The van der Waals surface area contributed by atoms with Crippen LogP contribution in [0.15, 0.2) is 22.7 Å². The average molecular weight is 261 g/mol. The van der Waals surface area contributed by atoms with Crippen LogP contribution in [0.5, 0.6) is 5.75 Å². The zero-order valence-corrected chi connectivity index (χ0v) is 9.41. The highest BCUT2D eigenvalue weighted by molar-refractivity contribution is 9.10. The van der Waals surface area contributed by atoms with Gasteiger partial charge in [0.1, 0.15) is 5.75 Å². The Kier molecular flexibility index (Phi) is 3.50. The van der Waals surface area contributed by atoms with Crippen LogP contribution in [0.4, 0.5) is 5.69 Å². The predicted octanol–water partition coefficient (Wildman–Crippen LogP) is 2.11. The van der Waals surface area contributed by atoms with Crippen molar-refractivity contribution in [1.82, 2.24) is 0 Å². The van der Waals surface area contributed by atoms with Gasteiger partial charge in [-0.05, 0) is 40.3 Å². The fourth-order valence-corrected chi connectivity index (χ4v) is 1.32. The van der Waals surface area contributed by atoms with Crippen molar-refractivity contribution in [2.45, 2.75) is 0 Å². The van der Waals surface area contributed by atoms with Crippen molar-refractivity contribution in [3.8, 4) is 5.75 Å². The monoisotopic (exact) mass is 260 g/mol. The second kappa shape index (κ2) is 4.43. The van der Waals surface area contributed by atoms with Gasteiger partial charge in [0.05, 0.1) is 12.8 Å². The molecule has 1 aromatic rings. The fourth-order valence-electron chi connectivity index (χ4n) is 0.860. The number of nitrogens with one attached hydrogen (secondary N) is 1. The van der Waals surface area contributed by atoms with Crippen molar-refractivity contribution in [2.75, 3.05) is 12.4 Å². The standard InChI is InChI=1S/C8H9BrN2OS/c1-12-5-2-3-6(9)7(4-5)11-8(10)13/h2-4H,1H3,(H3,10,11,13). The number of hydrogen-bond acceptors (Lipinski definition) is 2. The van der Waals surface area contributed by atoms with Crippen LogP contribution in [0.3, 0.4) is 0 Å². The number of rotatable bonds is 2. The highest BCUT2D eigenvalue weighted by atomic mass is 79.9. The third-order valence-corrected chi connectivity index (χ3v) is 2.22. The predicted molar refractivity (Wildman–Crippen MR) is 61.1 cm³/mol. The molecule has 1 rings (SSSR count). The largest absolute Gasteiger partial charge is 0.497 e. The van der Waals surface area contributed by atoms with Gasteiger partial charge < -0.3 is 15.8 Å². The van der Waals surface area contributed by atoms with Crippen LogP contribution in [0, 0.1) is 0 Å². The van der Waals surface area contributed by atoms with Crippen molar-refractivity contribution in [2.24, 2.45) is 5.73 Å². The van der Waals surface area contributed by atoms with Crippen molar-refractivity contribution in [3.05, 3.63) is 22.7 Å². The highest BCUT2D eigenvalue weighted by Gasteiger charge is 2.01. The smallest absolute Gasteiger partial charge is 0.168 e.